The van der Waals surface area contributed by atoms with Crippen molar-refractivity contribution in [3.05, 3.63) is 45.8 Å². The van der Waals surface area contributed by atoms with Crippen LogP contribution in [0.3, 0.4) is 0 Å². The zero-order valence-corrected chi connectivity index (χ0v) is 11.6. The molecule has 2 aromatic rings. The van der Waals surface area contributed by atoms with Gasteiger partial charge in [0.15, 0.2) is 0 Å². The number of hydrogen-bond donors (Lipinski definition) is 0. The Labute approximate surface area is 109 Å². The fourth-order valence-electron chi connectivity index (χ4n) is 1.58. The maximum Gasteiger partial charge on any atom is 0.222 e. The maximum absolute atomic E-state index is 5.75. The SMILES string of the molecule is Cc1cc(Oc2ccc(Br)cc2C)nc(C)n1. The van der Waals surface area contributed by atoms with Crippen LogP contribution in [0.25, 0.3) is 0 Å². The first-order valence-corrected chi connectivity index (χ1v) is 6.10. The second kappa shape index (κ2) is 4.84. The van der Waals surface area contributed by atoms with E-state index in [1.54, 1.807) is 0 Å². The highest BCUT2D eigenvalue weighted by Gasteiger charge is 2.04. The largest absolute Gasteiger partial charge is 0.439 e. The van der Waals surface area contributed by atoms with Crippen molar-refractivity contribution in [2.75, 3.05) is 0 Å². The molecule has 0 N–H and O–H groups in total. The molecule has 88 valence electrons. The van der Waals surface area contributed by atoms with Crippen molar-refractivity contribution >= 4 is 15.9 Å². The molecule has 3 nitrogen and oxygen atoms in total. The molecule has 0 fully saturated rings. The fourth-order valence-corrected chi connectivity index (χ4v) is 2.05. The van der Waals surface area contributed by atoms with E-state index < -0.39 is 0 Å². The first kappa shape index (κ1) is 12.0. The summed E-state index contributed by atoms with van der Waals surface area (Å²) in [6.45, 7) is 5.78. The third-order valence-corrected chi connectivity index (χ3v) is 2.79. The quantitative estimate of drug-likeness (QED) is 0.840. The Hall–Kier alpha value is -1.42. The van der Waals surface area contributed by atoms with Crippen molar-refractivity contribution in [2.24, 2.45) is 0 Å². The van der Waals surface area contributed by atoms with Crippen LogP contribution < -0.4 is 4.74 Å². The zero-order chi connectivity index (χ0) is 12.4. The Bertz CT molecular complexity index is 535. The summed E-state index contributed by atoms with van der Waals surface area (Å²) >= 11 is 3.42. The fraction of sp³-hybridized carbons (Fsp3) is 0.231. The van der Waals surface area contributed by atoms with E-state index in [1.165, 1.54) is 0 Å². The summed E-state index contributed by atoms with van der Waals surface area (Å²) < 4.78 is 6.79. The summed E-state index contributed by atoms with van der Waals surface area (Å²) in [6, 6.07) is 7.71. The minimum Gasteiger partial charge on any atom is -0.439 e. The summed E-state index contributed by atoms with van der Waals surface area (Å²) in [4.78, 5) is 8.46. The topological polar surface area (TPSA) is 35.0 Å². The zero-order valence-electron chi connectivity index (χ0n) is 9.99. The Morgan fingerprint density at radius 3 is 2.47 bits per heavy atom. The van der Waals surface area contributed by atoms with Gasteiger partial charge in [0.2, 0.25) is 5.88 Å². The van der Waals surface area contributed by atoms with Crippen molar-refractivity contribution in [3.8, 4) is 11.6 Å². The van der Waals surface area contributed by atoms with Gasteiger partial charge in [-0.1, -0.05) is 15.9 Å². The summed E-state index contributed by atoms with van der Waals surface area (Å²) in [5.74, 6) is 2.11. The molecular formula is C13H13BrN2O. The van der Waals surface area contributed by atoms with Gasteiger partial charge in [0, 0.05) is 16.2 Å². The first-order chi connectivity index (χ1) is 8.04. The van der Waals surface area contributed by atoms with Crippen LogP contribution in [-0.4, -0.2) is 9.97 Å². The Morgan fingerprint density at radius 1 is 1.06 bits per heavy atom. The second-order valence-electron chi connectivity index (χ2n) is 3.91. The lowest BCUT2D eigenvalue weighted by atomic mass is 10.2. The van der Waals surface area contributed by atoms with E-state index in [4.69, 9.17) is 4.74 Å². The highest BCUT2D eigenvalue weighted by Crippen LogP contribution is 2.26. The summed E-state index contributed by atoms with van der Waals surface area (Å²) in [5, 5.41) is 0. The first-order valence-electron chi connectivity index (χ1n) is 5.31. The van der Waals surface area contributed by atoms with E-state index in [0.717, 1.165) is 27.3 Å². The van der Waals surface area contributed by atoms with Gasteiger partial charge in [-0.25, -0.2) is 4.98 Å². The maximum atomic E-state index is 5.75. The normalized spacial score (nSPS) is 10.4. The van der Waals surface area contributed by atoms with Crippen molar-refractivity contribution in [3.63, 3.8) is 0 Å². The minimum absolute atomic E-state index is 0.584. The van der Waals surface area contributed by atoms with Crippen molar-refractivity contribution in [1.29, 1.82) is 0 Å². The molecule has 0 amide bonds. The third-order valence-electron chi connectivity index (χ3n) is 2.29. The smallest absolute Gasteiger partial charge is 0.222 e. The van der Waals surface area contributed by atoms with Gasteiger partial charge in [-0.3, -0.25) is 0 Å². The lowest BCUT2D eigenvalue weighted by Gasteiger charge is -2.09. The molecule has 0 saturated carbocycles. The molecule has 0 radical (unpaired) electrons. The summed E-state index contributed by atoms with van der Waals surface area (Å²) in [7, 11) is 0. The molecule has 0 unspecified atom stereocenters. The van der Waals surface area contributed by atoms with Gasteiger partial charge in [-0.2, -0.15) is 4.98 Å². The molecule has 0 bridgehead atoms. The molecule has 17 heavy (non-hydrogen) atoms. The van der Waals surface area contributed by atoms with Gasteiger partial charge in [0.25, 0.3) is 0 Å². The predicted octanol–water partition coefficient (Wildman–Crippen LogP) is 3.96. The van der Waals surface area contributed by atoms with Crippen LogP contribution in [0.15, 0.2) is 28.7 Å². The van der Waals surface area contributed by atoms with Crippen LogP contribution in [0.5, 0.6) is 11.6 Å². The Balaban J connectivity index is 2.31. The number of benzene rings is 1. The van der Waals surface area contributed by atoms with Gasteiger partial charge in [-0.05, 0) is 44.5 Å². The van der Waals surface area contributed by atoms with E-state index in [-0.39, 0.29) is 0 Å². The van der Waals surface area contributed by atoms with Gasteiger partial charge >= 0.3 is 0 Å². The molecule has 0 aliphatic rings. The molecule has 1 aromatic heterocycles. The standard InChI is InChI=1S/C13H13BrN2O/c1-8-6-11(14)4-5-12(8)17-13-7-9(2)15-10(3)16-13/h4-7H,1-3H3. The second-order valence-corrected chi connectivity index (χ2v) is 4.82. The number of rotatable bonds is 2. The van der Waals surface area contributed by atoms with Crippen molar-refractivity contribution < 1.29 is 4.74 Å². The van der Waals surface area contributed by atoms with E-state index in [0.29, 0.717) is 5.88 Å². The van der Waals surface area contributed by atoms with E-state index in [1.807, 2.05) is 45.0 Å². The predicted molar refractivity (Wildman–Crippen MR) is 70.5 cm³/mol. The average molecular weight is 293 g/mol. The number of aromatic nitrogens is 2. The van der Waals surface area contributed by atoms with Gasteiger partial charge in [0.1, 0.15) is 11.6 Å². The third kappa shape index (κ3) is 3.03. The molecule has 1 aromatic carbocycles. The van der Waals surface area contributed by atoms with Crippen molar-refractivity contribution in [1.82, 2.24) is 9.97 Å². The number of hydrogen-bond acceptors (Lipinski definition) is 3. The minimum atomic E-state index is 0.584. The molecule has 0 atom stereocenters. The van der Waals surface area contributed by atoms with E-state index in [9.17, 15) is 0 Å². The van der Waals surface area contributed by atoms with Crippen LogP contribution in [0.4, 0.5) is 0 Å². The molecule has 4 heteroatoms. The van der Waals surface area contributed by atoms with Gasteiger partial charge < -0.3 is 4.74 Å². The molecule has 0 spiro atoms. The van der Waals surface area contributed by atoms with E-state index in [2.05, 4.69) is 25.9 Å². The lowest BCUT2D eigenvalue weighted by molar-refractivity contribution is 0.455. The van der Waals surface area contributed by atoms with Gasteiger partial charge in [0.05, 0.1) is 0 Å². The molecule has 1 heterocycles. The number of ether oxygens (including phenoxy) is 1. The number of aryl methyl sites for hydroxylation is 3. The molecular weight excluding hydrogens is 280 g/mol. The monoisotopic (exact) mass is 292 g/mol. The molecule has 0 aliphatic carbocycles. The van der Waals surface area contributed by atoms with Crippen LogP contribution in [0.2, 0.25) is 0 Å². The number of halogens is 1. The Morgan fingerprint density at radius 2 is 1.82 bits per heavy atom. The van der Waals surface area contributed by atoms with Gasteiger partial charge in [-0.15, -0.1) is 0 Å². The summed E-state index contributed by atoms with van der Waals surface area (Å²) in [6.07, 6.45) is 0. The molecule has 0 aliphatic heterocycles. The highest BCUT2D eigenvalue weighted by molar-refractivity contribution is 9.10. The van der Waals surface area contributed by atoms with Crippen molar-refractivity contribution in [2.45, 2.75) is 20.8 Å². The summed E-state index contributed by atoms with van der Waals surface area (Å²) in [5.41, 5.74) is 1.97. The van der Waals surface area contributed by atoms with Crippen LogP contribution in [0, 0.1) is 20.8 Å². The molecule has 0 saturated heterocycles. The average Bonchev–Trinajstić information content (AvgIpc) is 2.21. The van der Waals surface area contributed by atoms with Crippen LogP contribution in [0.1, 0.15) is 17.1 Å². The van der Waals surface area contributed by atoms with E-state index >= 15 is 0 Å². The number of nitrogens with zero attached hydrogens (tertiary/aromatic N) is 2. The molecule has 2 rings (SSSR count). The highest BCUT2D eigenvalue weighted by atomic mass is 79.9. The lowest BCUT2D eigenvalue weighted by Crippen LogP contribution is -1.96. The van der Waals surface area contributed by atoms with Crippen LogP contribution >= 0.6 is 15.9 Å². The van der Waals surface area contributed by atoms with Crippen LogP contribution in [-0.2, 0) is 0 Å². The Kier molecular flexibility index (Phi) is 3.43.